The minimum atomic E-state index is -0.174. The highest BCUT2D eigenvalue weighted by Crippen LogP contribution is 2.22. The van der Waals surface area contributed by atoms with Gasteiger partial charge in [0, 0.05) is 37.4 Å². The summed E-state index contributed by atoms with van der Waals surface area (Å²) in [5, 5.41) is 6.62. The average molecular weight is 254 g/mol. The van der Waals surface area contributed by atoms with E-state index in [-0.39, 0.29) is 11.9 Å². The Morgan fingerprint density at radius 2 is 2.41 bits per heavy atom. The zero-order chi connectivity index (χ0) is 12.3. The smallest absolute Gasteiger partial charge is 0.243 e. The number of anilines is 1. The van der Waals surface area contributed by atoms with Gasteiger partial charge in [-0.1, -0.05) is 17.7 Å². The van der Waals surface area contributed by atoms with Gasteiger partial charge in [-0.15, -0.1) is 0 Å². The topological polar surface area (TPSA) is 44.4 Å². The molecule has 0 bridgehead atoms. The Kier molecular flexibility index (Phi) is 3.86. The molecule has 0 aromatic heterocycles. The third kappa shape index (κ3) is 2.70. The van der Waals surface area contributed by atoms with Crippen LogP contribution in [-0.2, 0) is 4.79 Å². The van der Waals surface area contributed by atoms with Crippen molar-refractivity contribution in [2.45, 2.75) is 6.04 Å². The number of nitrogens with zero attached hydrogens (tertiary/aromatic N) is 1. The molecule has 2 N–H and O–H groups in total. The lowest BCUT2D eigenvalue weighted by Gasteiger charge is -2.36. The van der Waals surface area contributed by atoms with E-state index in [4.69, 9.17) is 11.6 Å². The molecule has 1 atom stereocenters. The molecule has 1 aliphatic heterocycles. The Hall–Kier alpha value is -1.26. The van der Waals surface area contributed by atoms with Crippen LogP contribution >= 0.6 is 11.6 Å². The summed E-state index contributed by atoms with van der Waals surface area (Å²) >= 11 is 5.98. The number of nitrogens with one attached hydrogen (secondary N) is 2. The van der Waals surface area contributed by atoms with Gasteiger partial charge in [-0.3, -0.25) is 4.79 Å². The number of carbonyl (C=O) groups excluding carboxylic acids is 1. The highest BCUT2D eigenvalue weighted by atomic mass is 35.5. The number of halogens is 1. The predicted octanol–water partition coefficient (Wildman–Crippen LogP) is 0.864. The van der Waals surface area contributed by atoms with Crippen LogP contribution in [0.5, 0.6) is 0 Å². The fourth-order valence-electron chi connectivity index (χ4n) is 2.07. The Morgan fingerprint density at radius 1 is 1.59 bits per heavy atom. The molecule has 1 unspecified atom stereocenters. The monoisotopic (exact) mass is 253 g/mol. The zero-order valence-electron chi connectivity index (χ0n) is 9.74. The van der Waals surface area contributed by atoms with Gasteiger partial charge in [-0.2, -0.15) is 0 Å². The van der Waals surface area contributed by atoms with Gasteiger partial charge in [0.1, 0.15) is 6.04 Å². The van der Waals surface area contributed by atoms with E-state index >= 15 is 0 Å². The highest BCUT2D eigenvalue weighted by molar-refractivity contribution is 6.30. The largest absolute Gasteiger partial charge is 0.357 e. The number of benzene rings is 1. The van der Waals surface area contributed by atoms with Gasteiger partial charge >= 0.3 is 0 Å². The molecule has 92 valence electrons. The van der Waals surface area contributed by atoms with Crippen molar-refractivity contribution in [1.29, 1.82) is 0 Å². The summed E-state index contributed by atoms with van der Waals surface area (Å²) in [7, 11) is 1.66. The Labute approximate surface area is 106 Å². The second-order valence-electron chi connectivity index (χ2n) is 4.01. The van der Waals surface area contributed by atoms with E-state index in [1.54, 1.807) is 7.05 Å². The first-order valence-corrected chi connectivity index (χ1v) is 6.04. The maximum atomic E-state index is 11.8. The minimum Gasteiger partial charge on any atom is -0.357 e. The molecule has 2 rings (SSSR count). The molecule has 1 aliphatic rings. The third-order valence-corrected chi connectivity index (χ3v) is 3.17. The van der Waals surface area contributed by atoms with Crippen LogP contribution in [0, 0.1) is 0 Å². The van der Waals surface area contributed by atoms with Gasteiger partial charge in [0.2, 0.25) is 5.91 Å². The number of rotatable bonds is 2. The van der Waals surface area contributed by atoms with E-state index in [0.717, 1.165) is 18.8 Å². The predicted molar refractivity (Wildman–Crippen MR) is 69.5 cm³/mol. The lowest BCUT2D eigenvalue weighted by atomic mass is 10.1. The Morgan fingerprint density at radius 3 is 3.12 bits per heavy atom. The molecule has 4 nitrogen and oxygen atoms in total. The lowest BCUT2D eigenvalue weighted by molar-refractivity contribution is -0.122. The van der Waals surface area contributed by atoms with Crippen LogP contribution in [0.4, 0.5) is 5.69 Å². The molecule has 1 amide bonds. The normalized spacial score (nSPS) is 20.1. The van der Waals surface area contributed by atoms with E-state index < -0.39 is 0 Å². The minimum absolute atomic E-state index is 0.0252. The lowest BCUT2D eigenvalue weighted by Crippen LogP contribution is -2.57. The van der Waals surface area contributed by atoms with E-state index in [2.05, 4.69) is 15.5 Å². The van der Waals surface area contributed by atoms with Crippen molar-refractivity contribution in [3.63, 3.8) is 0 Å². The maximum Gasteiger partial charge on any atom is 0.243 e. The van der Waals surface area contributed by atoms with Crippen LogP contribution in [0.25, 0.3) is 0 Å². The van der Waals surface area contributed by atoms with Gasteiger partial charge in [0.15, 0.2) is 0 Å². The number of hydrogen-bond acceptors (Lipinski definition) is 3. The fraction of sp³-hybridized carbons (Fsp3) is 0.417. The highest BCUT2D eigenvalue weighted by Gasteiger charge is 2.27. The summed E-state index contributed by atoms with van der Waals surface area (Å²) in [5.74, 6) is 0.0252. The van der Waals surface area contributed by atoms with Crippen molar-refractivity contribution >= 4 is 23.2 Å². The second-order valence-corrected chi connectivity index (χ2v) is 4.44. The summed E-state index contributed by atoms with van der Waals surface area (Å²) < 4.78 is 0. The van der Waals surface area contributed by atoms with Gasteiger partial charge in [0.25, 0.3) is 0 Å². The number of amides is 1. The molecular weight excluding hydrogens is 238 g/mol. The van der Waals surface area contributed by atoms with Gasteiger partial charge in [0.05, 0.1) is 0 Å². The van der Waals surface area contributed by atoms with Gasteiger partial charge < -0.3 is 15.5 Å². The van der Waals surface area contributed by atoms with Crippen LogP contribution in [0.2, 0.25) is 5.02 Å². The second kappa shape index (κ2) is 5.38. The molecule has 0 spiro atoms. The maximum absolute atomic E-state index is 11.8. The van der Waals surface area contributed by atoms with E-state index in [0.29, 0.717) is 11.6 Å². The van der Waals surface area contributed by atoms with Crippen molar-refractivity contribution in [2.24, 2.45) is 0 Å². The number of hydrogen-bond donors (Lipinski definition) is 2. The molecule has 0 aliphatic carbocycles. The van der Waals surface area contributed by atoms with Crippen LogP contribution in [0.15, 0.2) is 24.3 Å². The molecule has 1 aromatic carbocycles. The molecule has 17 heavy (non-hydrogen) atoms. The van der Waals surface area contributed by atoms with Crippen molar-refractivity contribution in [3.8, 4) is 0 Å². The van der Waals surface area contributed by atoms with Gasteiger partial charge in [-0.25, -0.2) is 0 Å². The van der Waals surface area contributed by atoms with Crippen LogP contribution in [0.3, 0.4) is 0 Å². The molecule has 1 fully saturated rings. The van der Waals surface area contributed by atoms with Gasteiger partial charge in [-0.05, 0) is 18.2 Å². The number of piperazine rings is 1. The molecule has 1 heterocycles. The number of likely N-dealkylation sites (N-methyl/N-ethyl adjacent to an activating group) is 1. The Bertz CT molecular complexity index is 410. The first-order chi connectivity index (χ1) is 8.22. The molecule has 1 aromatic rings. The van der Waals surface area contributed by atoms with E-state index in [1.165, 1.54) is 0 Å². The molecule has 0 radical (unpaired) electrons. The summed E-state index contributed by atoms with van der Waals surface area (Å²) in [6.07, 6.45) is 0. The first-order valence-electron chi connectivity index (χ1n) is 5.67. The van der Waals surface area contributed by atoms with Crippen LogP contribution < -0.4 is 15.5 Å². The van der Waals surface area contributed by atoms with Crippen LogP contribution in [-0.4, -0.2) is 38.6 Å². The standard InChI is InChI=1S/C12H16ClN3O/c1-14-12(17)11-8-15-5-6-16(11)10-4-2-3-9(13)7-10/h2-4,7,11,15H,5-6,8H2,1H3,(H,14,17). The molecule has 1 saturated heterocycles. The SMILES string of the molecule is CNC(=O)C1CNCCN1c1cccc(Cl)c1. The summed E-state index contributed by atoms with van der Waals surface area (Å²) in [6.45, 7) is 2.34. The van der Waals surface area contributed by atoms with Crippen molar-refractivity contribution in [3.05, 3.63) is 29.3 Å². The summed E-state index contributed by atoms with van der Waals surface area (Å²) in [5.41, 5.74) is 0.993. The molecule has 0 saturated carbocycles. The Balaban J connectivity index is 2.24. The third-order valence-electron chi connectivity index (χ3n) is 2.93. The van der Waals surface area contributed by atoms with E-state index in [9.17, 15) is 4.79 Å². The summed E-state index contributed by atoms with van der Waals surface area (Å²) in [6, 6.07) is 7.44. The van der Waals surface area contributed by atoms with Crippen molar-refractivity contribution < 1.29 is 4.79 Å². The number of carbonyl (C=O) groups is 1. The van der Waals surface area contributed by atoms with Crippen molar-refractivity contribution in [2.75, 3.05) is 31.6 Å². The summed E-state index contributed by atoms with van der Waals surface area (Å²) in [4.78, 5) is 13.9. The first kappa shape index (κ1) is 12.2. The fourth-order valence-corrected chi connectivity index (χ4v) is 2.25. The molecule has 5 heteroatoms. The van der Waals surface area contributed by atoms with E-state index in [1.807, 2.05) is 24.3 Å². The van der Waals surface area contributed by atoms with Crippen LogP contribution in [0.1, 0.15) is 0 Å². The zero-order valence-corrected chi connectivity index (χ0v) is 10.5. The van der Waals surface area contributed by atoms with Crippen molar-refractivity contribution in [1.82, 2.24) is 10.6 Å². The quantitative estimate of drug-likeness (QED) is 0.822. The molecular formula is C12H16ClN3O. The average Bonchev–Trinajstić information content (AvgIpc) is 2.38.